The van der Waals surface area contributed by atoms with Crippen molar-refractivity contribution in [1.82, 2.24) is 10.2 Å². The van der Waals surface area contributed by atoms with Crippen molar-refractivity contribution in [3.8, 4) is 0 Å². The van der Waals surface area contributed by atoms with Crippen LogP contribution in [0.15, 0.2) is 78.9 Å². The third-order valence-corrected chi connectivity index (χ3v) is 8.46. The average Bonchev–Trinajstić information content (AvgIpc) is 3.69. The molecule has 0 saturated carbocycles. The van der Waals surface area contributed by atoms with Crippen molar-refractivity contribution in [2.75, 3.05) is 23.9 Å². The van der Waals surface area contributed by atoms with Gasteiger partial charge in [0.25, 0.3) is 0 Å². The van der Waals surface area contributed by atoms with Gasteiger partial charge in [-0.1, -0.05) is 56.3 Å². The number of carbonyl (C=O) groups excluding carboxylic acids is 3. The van der Waals surface area contributed by atoms with E-state index in [0.717, 1.165) is 24.1 Å². The van der Waals surface area contributed by atoms with Crippen LogP contribution in [0.3, 0.4) is 0 Å². The first-order chi connectivity index (χ1) is 20.8. The number of carbonyl (C=O) groups is 3. The Balaban J connectivity index is 1.35. The van der Waals surface area contributed by atoms with Crippen molar-refractivity contribution in [3.05, 3.63) is 95.8 Å². The lowest BCUT2D eigenvalue weighted by Gasteiger charge is -2.33. The molecule has 2 heterocycles. The van der Waals surface area contributed by atoms with Gasteiger partial charge in [0.1, 0.15) is 17.9 Å². The third kappa shape index (κ3) is 6.66. The van der Waals surface area contributed by atoms with Gasteiger partial charge in [0.15, 0.2) is 0 Å². The number of alkyl carbamates (subject to hydrolysis) is 1. The number of likely N-dealkylation sites (tertiary alicyclic amines) is 1. The number of hydrogen-bond donors (Lipinski definition) is 2. The van der Waals surface area contributed by atoms with E-state index in [1.165, 1.54) is 24.8 Å². The number of hydrogen-bond acceptors (Lipinski definition) is 5. The highest BCUT2D eigenvalue weighted by Crippen LogP contribution is 2.47. The molecule has 5 rings (SSSR count). The second-order valence-electron chi connectivity index (χ2n) is 11.6. The number of nitrogens with one attached hydrogen (secondary N) is 2. The van der Waals surface area contributed by atoms with Crippen molar-refractivity contribution in [2.45, 2.75) is 63.7 Å². The van der Waals surface area contributed by atoms with Gasteiger partial charge < -0.3 is 25.2 Å². The molecule has 3 amide bonds. The van der Waals surface area contributed by atoms with Crippen LogP contribution in [-0.4, -0.2) is 48.5 Å². The molecule has 0 radical (unpaired) electrons. The van der Waals surface area contributed by atoms with Crippen LogP contribution >= 0.6 is 0 Å². The molecule has 0 aliphatic carbocycles. The Hall–Kier alpha value is -4.40. The minimum atomic E-state index is -0.790. The van der Waals surface area contributed by atoms with E-state index in [0.29, 0.717) is 25.1 Å². The van der Waals surface area contributed by atoms with Crippen LogP contribution in [-0.2, 0) is 14.3 Å². The van der Waals surface area contributed by atoms with E-state index >= 15 is 0 Å². The summed E-state index contributed by atoms with van der Waals surface area (Å²) in [4.78, 5) is 42.7. The van der Waals surface area contributed by atoms with E-state index in [1.54, 1.807) is 4.90 Å². The maximum absolute atomic E-state index is 13.8. The van der Waals surface area contributed by atoms with E-state index in [4.69, 9.17) is 4.74 Å². The largest absolute Gasteiger partial charge is 0.453 e. The average molecular weight is 587 g/mol. The van der Waals surface area contributed by atoms with Gasteiger partial charge in [-0.25, -0.2) is 9.18 Å². The summed E-state index contributed by atoms with van der Waals surface area (Å²) < 4.78 is 18.5. The summed E-state index contributed by atoms with van der Waals surface area (Å²) in [5.74, 6) is -1.00. The molecule has 0 spiro atoms. The third-order valence-electron chi connectivity index (χ3n) is 8.46. The normalized spacial score (nSPS) is 20.6. The molecule has 226 valence electrons. The predicted octanol–water partition coefficient (Wildman–Crippen LogP) is 6.22. The second kappa shape index (κ2) is 13.3. The lowest BCUT2D eigenvalue weighted by molar-refractivity contribution is -0.139. The van der Waals surface area contributed by atoms with Crippen molar-refractivity contribution in [3.63, 3.8) is 0 Å². The van der Waals surface area contributed by atoms with E-state index in [1.807, 2.05) is 62.4 Å². The van der Waals surface area contributed by atoms with Gasteiger partial charge in [-0.15, -0.1) is 0 Å². The van der Waals surface area contributed by atoms with E-state index in [9.17, 15) is 18.8 Å². The number of benzene rings is 3. The molecule has 3 aromatic carbocycles. The summed E-state index contributed by atoms with van der Waals surface area (Å²) in [5.41, 5.74) is 3.83. The molecule has 4 atom stereocenters. The zero-order valence-corrected chi connectivity index (χ0v) is 24.8. The van der Waals surface area contributed by atoms with Crippen molar-refractivity contribution >= 4 is 29.3 Å². The first-order valence-electron chi connectivity index (χ1n) is 14.9. The molecular weight excluding hydrogens is 547 g/mol. The summed E-state index contributed by atoms with van der Waals surface area (Å²) >= 11 is 0. The zero-order valence-electron chi connectivity index (χ0n) is 24.8. The quantitative estimate of drug-likeness (QED) is 0.327. The lowest BCUT2D eigenvalue weighted by Crippen LogP contribution is -2.54. The molecule has 2 saturated heterocycles. The number of nitrogens with zero attached hydrogens (tertiary/aromatic N) is 2. The number of methoxy groups -OCH3 is 1. The summed E-state index contributed by atoms with van der Waals surface area (Å²) in [6.45, 7) is 4.13. The fourth-order valence-electron chi connectivity index (χ4n) is 6.34. The van der Waals surface area contributed by atoms with Crippen LogP contribution in [0, 0.1) is 11.7 Å². The minimum absolute atomic E-state index is 0.0215. The van der Waals surface area contributed by atoms with E-state index in [2.05, 4.69) is 33.7 Å². The molecule has 0 aromatic heterocycles. The highest BCUT2D eigenvalue weighted by molar-refractivity contribution is 5.98. The Morgan fingerprint density at radius 2 is 1.56 bits per heavy atom. The van der Waals surface area contributed by atoms with Gasteiger partial charge in [-0.05, 0) is 79.1 Å². The summed E-state index contributed by atoms with van der Waals surface area (Å²) in [7, 11) is 1.25. The van der Waals surface area contributed by atoms with Crippen molar-refractivity contribution in [1.29, 1.82) is 0 Å². The van der Waals surface area contributed by atoms with Crippen molar-refractivity contribution in [2.24, 2.45) is 5.92 Å². The molecule has 2 aliphatic rings. The minimum Gasteiger partial charge on any atom is -0.453 e. The molecule has 3 aromatic rings. The number of anilines is 2. The zero-order chi connectivity index (χ0) is 30.5. The smallest absolute Gasteiger partial charge is 0.407 e. The Bertz CT molecular complexity index is 1430. The molecular formula is C34H39FN4O4. The highest BCUT2D eigenvalue weighted by atomic mass is 19.1. The number of halogens is 1. The Morgan fingerprint density at radius 1 is 0.884 bits per heavy atom. The Morgan fingerprint density at radius 3 is 2.23 bits per heavy atom. The lowest BCUT2D eigenvalue weighted by atomic mass is 10.0. The maximum Gasteiger partial charge on any atom is 0.407 e. The van der Waals surface area contributed by atoms with Gasteiger partial charge in [0.2, 0.25) is 11.8 Å². The van der Waals surface area contributed by atoms with Crippen LogP contribution in [0.5, 0.6) is 0 Å². The SMILES string of the molecule is COC(=O)N[C@H](C(=O)N1CCC[C@@H]1C(=O)Nc1cccc([C@H]2CC[C@H](c3ccccc3)N2c2ccc(F)cc2)c1)C(C)C. The summed E-state index contributed by atoms with van der Waals surface area (Å²) in [6.07, 6.45) is 2.38. The molecule has 2 aliphatic heterocycles. The monoisotopic (exact) mass is 586 g/mol. The van der Waals surface area contributed by atoms with Gasteiger partial charge >= 0.3 is 6.09 Å². The van der Waals surface area contributed by atoms with Gasteiger partial charge in [-0.3, -0.25) is 9.59 Å². The van der Waals surface area contributed by atoms with Crippen LogP contribution in [0.2, 0.25) is 0 Å². The predicted molar refractivity (Wildman–Crippen MR) is 164 cm³/mol. The van der Waals surface area contributed by atoms with Crippen LogP contribution in [0.4, 0.5) is 20.6 Å². The van der Waals surface area contributed by atoms with Crippen molar-refractivity contribution < 1.29 is 23.5 Å². The van der Waals surface area contributed by atoms with Crippen LogP contribution in [0.25, 0.3) is 0 Å². The highest BCUT2D eigenvalue weighted by Gasteiger charge is 2.39. The molecule has 43 heavy (non-hydrogen) atoms. The molecule has 2 fully saturated rings. The van der Waals surface area contributed by atoms with E-state index < -0.39 is 18.2 Å². The second-order valence-corrected chi connectivity index (χ2v) is 11.6. The Labute approximate surface area is 252 Å². The topological polar surface area (TPSA) is 91.0 Å². The number of ether oxygens (including phenoxy) is 1. The summed E-state index contributed by atoms with van der Waals surface area (Å²) in [5, 5.41) is 5.66. The van der Waals surface area contributed by atoms with E-state index in [-0.39, 0.29) is 35.6 Å². The molecule has 2 N–H and O–H groups in total. The first-order valence-corrected chi connectivity index (χ1v) is 14.9. The summed E-state index contributed by atoms with van der Waals surface area (Å²) in [6, 6.07) is 23.5. The van der Waals surface area contributed by atoms with Gasteiger partial charge in [-0.2, -0.15) is 0 Å². The number of amides is 3. The van der Waals surface area contributed by atoms with Gasteiger partial charge in [0, 0.05) is 17.9 Å². The van der Waals surface area contributed by atoms with Crippen LogP contribution < -0.4 is 15.5 Å². The van der Waals surface area contributed by atoms with Gasteiger partial charge in [0.05, 0.1) is 19.2 Å². The molecule has 9 heteroatoms. The Kier molecular flexibility index (Phi) is 9.28. The fourth-order valence-corrected chi connectivity index (χ4v) is 6.34. The standard InChI is InChI=1S/C34H39FN4O4/c1-22(2)31(37-34(42)43-3)33(41)38-20-8-13-30(38)32(40)36-26-12-7-11-24(21-26)29-19-18-28(23-9-5-4-6-10-23)39(29)27-16-14-25(35)15-17-27/h4-7,9-12,14-17,21-22,28-31H,8,13,18-20H2,1-3H3,(H,36,40)(H,37,42)/t28-,29-,30-,31+/m1/s1. The molecule has 0 unspecified atom stereocenters. The first kappa shape index (κ1) is 30.1. The molecule has 0 bridgehead atoms. The fraction of sp³-hybridized carbons (Fsp3) is 0.382. The van der Waals surface area contributed by atoms with Crippen LogP contribution in [0.1, 0.15) is 62.7 Å². The molecule has 8 nitrogen and oxygen atoms in total. The maximum atomic E-state index is 13.8. The number of rotatable bonds is 8.